The lowest BCUT2D eigenvalue weighted by atomic mass is 10.1. The first-order valence-corrected chi connectivity index (χ1v) is 9.57. The molecule has 0 saturated carbocycles. The Bertz CT molecular complexity index is 1200. The number of primary amides is 1. The van der Waals surface area contributed by atoms with Crippen LogP contribution in [0.4, 0.5) is 0 Å². The van der Waals surface area contributed by atoms with Crippen molar-refractivity contribution in [3.63, 3.8) is 0 Å². The van der Waals surface area contributed by atoms with Crippen LogP contribution in [0.1, 0.15) is 17.4 Å². The van der Waals surface area contributed by atoms with Gasteiger partial charge in [0.05, 0.1) is 4.70 Å². The maximum atomic E-state index is 11.7. The van der Waals surface area contributed by atoms with Gasteiger partial charge in [0.25, 0.3) is 5.91 Å². The fraction of sp³-hybridized carbons (Fsp3) is 0.0455. The average Bonchev–Trinajstić information content (AvgIpc) is 3.14. The van der Waals surface area contributed by atoms with Crippen molar-refractivity contribution in [2.24, 2.45) is 5.73 Å². The number of aromatic nitrogens is 1. The molecule has 29 heavy (non-hydrogen) atoms. The van der Waals surface area contributed by atoms with Gasteiger partial charge < -0.3 is 15.2 Å². The Balaban J connectivity index is 1.69. The second kappa shape index (κ2) is 7.73. The Morgan fingerprint density at radius 1 is 1.00 bits per heavy atom. The standard InChI is InChI=1S/C22H16N2O4S/c1-13(25)27-21-17-11-18(29-19(17)12-24-20(21)22(23)26)14-7-9-16(10-8-14)28-15-5-3-2-4-6-15/h2-12H,1H3,(H2,23,26). The molecule has 6 nitrogen and oxygen atoms in total. The third-order valence-corrected chi connectivity index (χ3v) is 5.25. The van der Waals surface area contributed by atoms with E-state index in [0.29, 0.717) is 5.39 Å². The molecule has 2 aromatic heterocycles. The predicted molar refractivity (Wildman–Crippen MR) is 111 cm³/mol. The molecule has 4 aromatic rings. The molecule has 0 aliphatic heterocycles. The summed E-state index contributed by atoms with van der Waals surface area (Å²) in [5.74, 6) is 0.279. The van der Waals surface area contributed by atoms with Crippen LogP contribution in [0.3, 0.4) is 0 Å². The molecular weight excluding hydrogens is 388 g/mol. The number of fused-ring (bicyclic) bond motifs is 1. The molecule has 0 aliphatic carbocycles. The Labute approximate surface area is 170 Å². The molecular formula is C22H16N2O4S. The SMILES string of the molecule is CC(=O)Oc1c(C(N)=O)ncc2sc(-c3ccc(Oc4ccccc4)cc3)cc12. The van der Waals surface area contributed by atoms with Gasteiger partial charge in [0.2, 0.25) is 0 Å². The molecule has 2 N–H and O–H groups in total. The van der Waals surface area contributed by atoms with Gasteiger partial charge >= 0.3 is 5.97 Å². The minimum absolute atomic E-state index is 0.0661. The van der Waals surface area contributed by atoms with Crippen LogP contribution >= 0.6 is 11.3 Å². The quantitative estimate of drug-likeness (QED) is 0.483. The number of benzene rings is 2. The fourth-order valence-corrected chi connectivity index (χ4v) is 3.90. The number of nitrogens with two attached hydrogens (primary N) is 1. The van der Waals surface area contributed by atoms with Gasteiger partial charge in [-0.2, -0.15) is 0 Å². The summed E-state index contributed by atoms with van der Waals surface area (Å²) in [6, 6.07) is 19.0. The highest BCUT2D eigenvalue weighted by Crippen LogP contribution is 2.39. The molecule has 4 rings (SSSR count). The first-order valence-electron chi connectivity index (χ1n) is 8.75. The summed E-state index contributed by atoms with van der Waals surface area (Å²) >= 11 is 1.48. The zero-order valence-corrected chi connectivity index (χ0v) is 16.2. The van der Waals surface area contributed by atoms with Crippen molar-refractivity contribution in [2.45, 2.75) is 6.92 Å². The van der Waals surface area contributed by atoms with E-state index in [-0.39, 0.29) is 11.4 Å². The number of ether oxygens (including phenoxy) is 2. The van der Waals surface area contributed by atoms with E-state index in [9.17, 15) is 9.59 Å². The number of hydrogen-bond donors (Lipinski definition) is 1. The van der Waals surface area contributed by atoms with Crippen LogP contribution in [-0.4, -0.2) is 16.9 Å². The number of carbonyl (C=O) groups excluding carboxylic acids is 2. The van der Waals surface area contributed by atoms with Crippen molar-refractivity contribution in [1.82, 2.24) is 4.98 Å². The normalized spacial score (nSPS) is 10.7. The summed E-state index contributed by atoms with van der Waals surface area (Å²) < 4.78 is 11.8. The summed E-state index contributed by atoms with van der Waals surface area (Å²) in [6.07, 6.45) is 1.56. The summed E-state index contributed by atoms with van der Waals surface area (Å²) in [6.45, 7) is 1.27. The summed E-state index contributed by atoms with van der Waals surface area (Å²) in [7, 11) is 0. The summed E-state index contributed by atoms with van der Waals surface area (Å²) in [4.78, 5) is 28.2. The second-order valence-corrected chi connectivity index (χ2v) is 7.31. The lowest BCUT2D eigenvalue weighted by molar-refractivity contribution is -0.131. The first-order chi connectivity index (χ1) is 14.0. The number of carbonyl (C=O) groups is 2. The molecule has 0 fully saturated rings. The van der Waals surface area contributed by atoms with Crippen molar-refractivity contribution in [3.8, 4) is 27.7 Å². The lowest BCUT2D eigenvalue weighted by Crippen LogP contribution is -2.16. The smallest absolute Gasteiger partial charge is 0.308 e. The van der Waals surface area contributed by atoms with Crippen molar-refractivity contribution >= 4 is 33.3 Å². The van der Waals surface area contributed by atoms with Gasteiger partial charge in [-0.05, 0) is 48.0 Å². The topological polar surface area (TPSA) is 91.5 Å². The largest absolute Gasteiger partial charge is 0.457 e. The van der Waals surface area contributed by atoms with Gasteiger partial charge in [-0.15, -0.1) is 11.3 Å². The van der Waals surface area contributed by atoms with Crippen molar-refractivity contribution in [2.75, 3.05) is 0 Å². The number of rotatable bonds is 5. The number of thiophene rings is 1. The van der Waals surface area contributed by atoms with Crippen LogP contribution in [0.15, 0.2) is 66.9 Å². The molecule has 0 atom stereocenters. The van der Waals surface area contributed by atoms with E-state index in [1.807, 2.05) is 60.7 Å². The van der Waals surface area contributed by atoms with Crippen molar-refractivity contribution in [3.05, 3.63) is 72.6 Å². The molecule has 1 amide bonds. The molecule has 0 radical (unpaired) electrons. The number of amides is 1. The van der Waals surface area contributed by atoms with E-state index in [1.165, 1.54) is 18.3 Å². The van der Waals surface area contributed by atoms with E-state index in [1.54, 1.807) is 6.20 Å². The molecule has 2 heterocycles. The maximum absolute atomic E-state index is 11.7. The zero-order valence-electron chi connectivity index (χ0n) is 15.4. The predicted octanol–water partition coefficient (Wildman–Crippen LogP) is 4.78. The fourth-order valence-electron chi connectivity index (χ4n) is 2.86. The van der Waals surface area contributed by atoms with Crippen LogP contribution in [0.5, 0.6) is 17.2 Å². The highest BCUT2D eigenvalue weighted by molar-refractivity contribution is 7.22. The molecule has 144 valence electrons. The van der Waals surface area contributed by atoms with Crippen molar-refractivity contribution < 1.29 is 19.1 Å². The van der Waals surface area contributed by atoms with Crippen LogP contribution in [-0.2, 0) is 4.79 Å². The Morgan fingerprint density at radius 2 is 1.69 bits per heavy atom. The number of para-hydroxylation sites is 1. The molecule has 7 heteroatoms. The monoisotopic (exact) mass is 404 g/mol. The van der Waals surface area contributed by atoms with Gasteiger partial charge in [-0.3, -0.25) is 9.59 Å². The van der Waals surface area contributed by atoms with Gasteiger partial charge in [-0.1, -0.05) is 18.2 Å². The zero-order chi connectivity index (χ0) is 20.4. The molecule has 0 saturated heterocycles. The molecule has 0 bridgehead atoms. The third kappa shape index (κ3) is 3.95. The lowest BCUT2D eigenvalue weighted by Gasteiger charge is -2.06. The maximum Gasteiger partial charge on any atom is 0.308 e. The van der Waals surface area contributed by atoms with E-state index in [4.69, 9.17) is 15.2 Å². The van der Waals surface area contributed by atoms with E-state index >= 15 is 0 Å². The number of nitrogens with zero attached hydrogens (tertiary/aromatic N) is 1. The van der Waals surface area contributed by atoms with Gasteiger partial charge in [0, 0.05) is 23.4 Å². The van der Waals surface area contributed by atoms with E-state index in [2.05, 4.69) is 4.98 Å². The van der Waals surface area contributed by atoms with Gasteiger partial charge in [0.1, 0.15) is 11.5 Å². The molecule has 0 aliphatic rings. The Hall–Kier alpha value is -3.71. The highest BCUT2D eigenvalue weighted by Gasteiger charge is 2.19. The Morgan fingerprint density at radius 3 is 2.34 bits per heavy atom. The number of pyridine rings is 1. The second-order valence-electron chi connectivity index (χ2n) is 6.22. The molecule has 2 aromatic carbocycles. The van der Waals surface area contributed by atoms with Crippen LogP contribution < -0.4 is 15.2 Å². The molecule has 0 unspecified atom stereocenters. The molecule has 0 spiro atoms. The van der Waals surface area contributed by atoms with Crippen LogP contribution in [0, 0.1) is 0 Å². The van der Waals surface area contributed by atoms with Crippen molar-refractivity contribution in [1.29, 1.82) is 0 Å². The van der Waals surface area contributed by atoms with Crippen LogP contribution in [0.25, 0.3) is 20.5 Å². The number of hydrogen-bond acceptors (Lipinski definition) is 6. The third-order valence-electron chi connectivity index (χ3n) is 4.13. The average molecular weight is 404 g/mol. The van der Waals surface area contributed by atoms with Crippen LogP contribution in [0.2, 0.25) is 0 Å². The first kappa shape index (κ1) is 18.6. The van der Waals surface area contributed by atoms with E-state index < -0.39 is 11.9 Å². The van der Waals surface area contributed by atoms with Gasteiger partial charge in [0.15, 0.2) is 11.4 Å². The van der Waals surface area contributed by atoms with E-state index in [0.717, 1.165) is 26.6 Å². The van der Waals surface area contributed by atoms with Gasteiger partial charge in [-0.25, -0.2) is 4.98 Å². The minimum Gasteiger partial charge on any atom is -0.457 e. The summed E-state index contributed by atoms with van der Waals surface area (Å²) in [5.41, 5.74) is 6.27. The highest BCUT2D eigenvalue weighted by atomic mass is 32.1. The minimum atomic E-state index is -0.752. The number of esters is 1. The summed E-state index contributed by atoms with van der Waals surface area (Å²) in [5, 5.41) is 0.619. The Kier molecular flexibility index (Phi) is 4.97.